The molecule has 0 saturated carbocycles. The van der Waals surface area contributed by atoms with Gasteiger partial charge in [0.1, 0.15) is 17.6 Å². The highest BCUT2D eigenvalue weighted by atomic mass is 32.2. The fraction of sp³-hybridized carbons (Fsp3) is 0.579. The molecule has 0 bridgehead atoms. The van der Waals surface area contributed by atoms with Crippen LogP contribution in [0.15, 0.2) is 48.4 Å². The average Bonchev–Trinajstić information content (AvgIpc) is 3.07. The van der Waals surface area contributed by atoms with Crippen molar-refractivity contribution in [3.05, 3.63) is 48.4 Å². The quantitative estimate of drug-likeness (QED) is 0.340. The maximum atomic E-state index is 14.7. The van der Waals surface area contributed by atoms with E-state index in [-0.39, 0.29) is 23.9 Å². The van der Waals surface area contributed by atoms with Crippen molar-refractivity contribution in [3.8, 4) is 0 Å². The molecular formula is C19H28F2N2O2S. The number of hydrogen-bond acceptors (Lipinski definition) is 5. The third-order valence-electron chi connectivity index (χ3n) is 4.67. The molecule has 0 spiro atoms. The minimum absolute atomic E-state index is 0.0954. The summed E-state index contributed by atoms with van der Waals surface area (Å²) in [4.78, 5) is 0. The monoisotopic (exact) mass is 386 g/mol. The standard InChI is InChI=1S/C19H28F2N2O2S/c1-3-15(20)5-4-14(2)19(25)8-6-18(17(21)12-19)26-23-10-7-16(13-23)22-9-11-24/h3-6,8,16-18,22,24-25H,2,7,9-13H2,1H3/b5-4-,15-3+/t16?,17?,18?,19-/m0/s1. The van der Waals surface area contributed by atoms with Crippen LogP contribution in [0.1, 0.15) is 19.8 Å². The van der Waals surface area contributed by atoms with Crippen molar-refractivity contribution in [1.29, 1.82) is 0 Å². The molecule has 146 valence electrons. The maximum absolute atomic E-state index is 14.7. The summed E-state index contributed by atoms with van der Waals surface area (Å²) >= 11 is 1.45. The van der Waals surface area contributed by atoms with Gasteiger partial charge in [-0.25, -0.2) is 13.1 Å². The van der Waals surface area contributed by atoms with E-state index in [2.05, 4.69) is 16.2 Å². The average molecular weight is 387 g/mol. The van der Waals surface area contributed by atoms with Gasteiger partial charge in [-0.3, -0.25) is 0 Å². The first kappa shape index (κ1) is 21.3. The molecule has 1 aliphatic carbocycles. The highest BCUT2D eigenvalue weighted by Crippen LogP contribution is 2.37. The lowest BCUT2D eigenvalue weighted by Crippen LogP contribution is -2.40. The Morgan fingerprint density at radius 1 is 1.50 bits per heavy atom. The Balaban J connectivity index is 1.92. The first-order chi connectivity index (χ1) is 12.4. The molecule has 7 heteroatoms. The van der Waals surface area contributed by atoms with Gasteiger partial charge in [-0.2, -0.15) is 0 Å². The highest BCUT2D eigenvalue weighted by molar-refractivity contribution is 7.97. The van der Waals surface area contributed by atoms with E-state index in [1.165, 1.54) is 30.2 Å². The summed E-state index contributed by atoms with van der Waals surface area (Å²) in [6.45, 7) is 7.65. The van der Waals surface area contributed by atoms with E-state index in [9.17, 15) is 13.9 Å². The van der Waals surface area contributed by atoms with Gasteiger partial charge >= 0.3 is 0 Å². The van der Waals surface area contributed by atoms with Crippen molar-refractivity contribution in [3.63, 3.8) is 0 Å². The summed E-state index contributed by atoms with van der Waals surface area (Å²) < 4.78 is 30.0. The highest BCUT2D eigenvalue weighted by Gasteiger charge is 2.39. The van der Waals surface area contributed by atoms with Crippen LogP contribution < -0.4 is 5.32 Å². The van der Waals surface area contributed by atoms with Gasteiger partial charge in [-0.1, -0.05) is 42.8 Å². The zero-order valence-electron chi connectivity index (χ0n) is 15.1. The van der Waals surface area contributed by atoms with Crippen molar-refractivity contribution in [2.45, 2.75) is 42.8 Å². The lowest BCUT2D eigenvalue weighted by molar-refractivity contribution is 0.0842. The van der Waals surface area contributed by atoms with Gasteiger partial charge in [0.25, 0.3) is 0 Å². The Bertz CT molecular complexity index is 582. The van der Waals surface area contributed by atoms with Crippen LogP contribution in [-0.2, 0) is 0 Å². The molecule has 0 aromatic rings. The third kappa shape index (κ3) is 5.76. The summed E-state index contributed by atoms with van der Waals surface area (Å²) in [5.74, 6) is -0.432. The van der Waals surface area contributed by atoms with Crippen LogP contribution in [0, 0.1) is 0 Å². The summed E-state index contributed by atoms with van der Waals surface area (Å²) in [5.41, 5.74) is -1.22. The number of nitrogens with zero attached hydrogens (tertiary/aromatic N) is 1. The minimum atomic E-state index is -1.49. The molecule has 1 heterocycles. The van der Waals surface area contributed by atoms with Gasteiger partial charge in [-0.05, 0) is 25.0 Å². The van der Waals surface area contributed by atoms with E-state index in [1.807, 2.05) is 0 Å². The molecule has 1 fully saturated rings. The number of alkyl halides is 1. The molecule has 1 saturated heterocycles. The summed E-state index contributed by atoms with van der Waals surface area (Å²) in [6, 6.07) is 0.309. The van der Waals surface area contributed by atoms with Crippen molar-refractivity contribution in [1.82, 2.24) is 9.62 Å². The van der Waals surface area contributed by atoms with E-state index < -0.39 is 17.6 Å². The summed E-state index contributed by atoms with van der Waals surface area (Å²) in [5, 5.41) is 22.4. The molecule has 0 radical (unpaired) electrons. The number of halogens is 2. The smallest absolute Gasteiger partial charge is 0.120 e. The molecule has 2 aliphatic rings. The number of aliphatic hydroxyl groups is 2. The van der Waals surface area contributed by atoms with Gasteiger partial charge < -0.3 is 15.5 Å². The lowest BCUT2D eigenvalue weighted by atomic mass is 9.83. The Morgan fingerprint density at radius 3 is 2.92 bits per heavy atom. The Kier molecular flexibility index (Phi) is 8.04. The van der Waals surface area contributed by atoms with Crippen molar-refractivity contribution in [2.75, 3.05) is 26.2 Å². The molecule has 26 heavy (non-hydrogen) atoms. The van der Waals surface area contributed by atoms with E-state index >= 15 is 0 Å². The van der Waals surface area contributed by atoms with E-state index in [0.29, 0.717) is 12.6 Å². The second-order valence-electron chi connectivity index (χ2n) is 6.66. The Labute approximate surface area is 158 Å². The van der Waals surface area contributed by atoms with Crippen LogP contribution in [0.25, 0.3) is 0 Å². The van der Waals surface area contributed by atoms with Gasteiger partial charge in [-0.15, -0.1) is 0 Å². The predicted octanol–water partition coefficient (Wildman–Crippen LogP) is 2.67. The van der Waals surface area contributed by atoms with Crippen LogP contribution in [0.3, 0.4) is 0 Å². The molecule has 0 amide bonds. The van der Waals surface area contributed by atoms with Crippen LogP contribution in [0.4, 0.5) is 8.78 Å². The largest absolute Gasteiger partial charge is 0.395 e. The third-order valence-corrected chi connectivity index (χ3v) is 5.99. The van der Waals surface area contributed by atoms with Gasteiger partial charge in [0.2, 0.25) is 0 Å². The summed E-state index contributed by atoms with van der Waals surface area (Å²) in [7, 11) is 0. The fourth-order valence-electron chi connectivity index (χ4n) is 3.05. The van der Waals surface area contributed by atoms with E-state index in [0.717, 1.165) is 19.5 Å². The summed E-state index contributed by atoms with van der Waals surface area (Å²) in [6.07, 6.45) is 6.79. The van der Waals surface area contributed by atoms with Gasteiger partial charge in [0.15, 0.2) is 0 Å². The molecule has 3 unspecified atom stereocenters. The molecule has 4 atom stereocenters. The molecule has 0 aromatic heterocycles. The molecule has 4 nitrogen and oxygen atoms in total. The normalized spacial score (nSPS) is 33.3. The topological polar surface area (TPSA) is 55.7 Å². The molecule has 0 aromatic carbocycles. The van der Waals surface area contributed by atoms with Crippen molar-refractivity contribution in [2.24, 2.45) is 0 Å². The SMILES string of the molecule is C=C(/C=C\C(F)=C/C)[C@]1(O)C=CC(SN2CCC(NCCO)C2)C(F)C1. The number of aliphatic hydroxyl groups excluding tert-OH is 1. The first-order valence-corrected chi connectivity index (χ1v) is 9.72. The number of hydrogen-bond donors (Lipinski definition) is 3. The minimum Gasteiger partial charge on any atom is -0.395 e. The molecule has 1 aliphatic heterocycles. The van der Waals surface area contributed by atoms with Crippen LogP contribution in [0.5, 0.6) is 0 Å². The molecule has 3 N–H and O–H groups in total. The van der Waals surface area contributed by atoms with Gasteiger partial charge in [0.05, 0.1) is 11.9 Å². The fourth-order valence-corrected chi connectivity index (χ4v) is 4.25. The van der Waals surface area contributed by atoms with Gasteiger partial charge in [0, 0.05) is 32.1 Å². The maximum Gasteiger partial charge on any atom is 0.120 e. The molecular weight excluding hydrogens is 358 g/mol. The number of nitrogens with one attached hydrogen (secondary N) is 1. The second kappa shape index (κ2) is 9.80. The molecule has 2 rings (SSSR count). The lowest BCUT2D eigenvalue weighted by Gasteiger charge is -2.35. The van der Waals surface area contributed by atoms with E-state index in [1.54, 1.807) is 19.1 Å². The zero-order valence-corrected chi connectivity index (χ0v) is 15.9. The number of rotatable bonds is 8. The Morgan fingerprint density at radius 2 is 2.27 bits per heavy atom. The number of allylic oxidation sites excluding steroid dienone is 3. The van der Waals surface area contributed by atoms with Crippen LogP contribution in [-0.4, -0.2) is 63.8 Å². The van der Waals surface area contributed by atoms with E-state index in [4.69, 9.17) is 5.11 Å². The zero-order chi connectivity index (χ0) is 19.2. The predicted molar refractivity (Wildman–Crippen MR) is 103 cm³/mol. The first-order valence-electron chi connectivity index (χ1n) is 8.89. The van der Waals surface area contributed by atoms with Crippen LogP contribution >= 0.6 is 11.9 Å². The van der Waals surface area contributed by atoms with Crippen molar-refractivity contribution < 1.29 is 19.0 Å². The second-order valence-corrected chi connectivity index (χ2v) is 7.93. The van der Waals surface area contributed by atoms with Crippen molar-refractivity contribution >= 4 is 11.9 Å². The van der Waals surface area contributed by atoms with Crippen LogP contribution in [0.2, 0.25) is 0 Å². The Hall–Kier alpha value is -0.990.